The van der Waals surface area contributed by atoms with Crippen LogP contribution < -0.4 is 9.04 Å². The lowest BCUT2D eigenvalue weighted by Crippen LogP contribution is -2.32. The van der Waals surface area contributed by atoms with Crippen molar-refractivity contribution >= 4 is 15.9 Å². The Morgan fingerprint density at radius 2 is 2.12 bits per heavy atom. The molecule has 0 N–H and O–H groups in total. The molecule has 1 aromatic rings. The SMILES string of the molecule is CN(c1ccc2c(c1)CCO2)S(=O)(=O)N1CC1. The second-order valence-electron chi connectivity index (χ2n) is 4.26. The molecule has 2 aliphatic heterocycles. The fourth-order valence-corrected chi connectivity index (χ4v) is 3.22. The van der Waals surface area contributed by atoms with Crippen molar-refractivity contribution < 1.29 is 13.2 Å². The van der Waals surface area contributed by atoms with Gasteiger partial charge in [0.1, 0.15) is 5.75 Å². The average molecular weight is 254 g/mol. The van der Waals surface area contributed by atoms with Crippen LogP contribution in [0.15, 0.2) is 18.2 Å². The van der Waals surface area contributed by atoms with Crippen LogP contribution in [-0.4, -0.2) is 39.5 Å². The molecule has 0 atom stereocenters. The maximum absolute atomic E-state index is 12.0. The summed E-state index contributed by atoms with van der Waals surface area (Å²) in [7, 11) is -1.72. The quantitative estimate of drug-likeness (QED) is 0.743. The van der Waals surface area contributed by atoms with E-state index in [2.05, 4.69) is 0 Å². The van der Waals surface area contributed by atoms with Crippen molar-refractivity contribution in [3.8, 4) is 5.75 Å². The Morgan fingerprint density at radius 3 is 2.82 bits per heavy atom. The highest BCUT2D eigenvalue weighted by molar-refractivity contribution is 7.90. The fourth-order valence-electron chi connectivity index (χ4n) is 1.95. The van der Waals surface area contributed by atoms with Gasteiger partial charge in [-0.2, -0.15) is 12.7 Å². The predicted octanol–water partition coefficient (Wildman–Crippen LogP) is 0.618. The summed E-state index contributed by atoms with van der Waals surface area (Å²) in [6.07, 6.45) is 0.848. The Morgan fingerprint density at radius 1 is 1.35 bits per heavy atom. The zero-order valence-electron chi connectivity index (χ0n) is 9.59. The Labute approximate surface area is 101 Å². The Hall–Kier alpha value is -1.27. The molecule has 0 spiro atoms. The van der Waals surface area contributed by atoms with E-state index in [-0.39, 0.29) is 0 Å². The van der Waals surface area contributed by atoms with Crippen molar-refractivity contribution in [3.63, 3.8) is 0 Å². The van der Waals surface area contributed by atoms with E-state index < -0.39 is 10.2 Å². The number of fused-ring (bicyclic) bond motifs is 1. The van der Waals surface area contributed by atoms with Gasteiger partial charge in [0.05, 0.1) is 12.3 Å². The first-order valence-corrected chi connectivity index (χ1v) is 6.98. The zero-order chi connectivity index (χ0) is 12.0. The highest BCUT2D eigenvalue weighted by atomic mass is 32.2. The number of anilines is 1. The first-order valence-electron chi connectivity index (χ1n) is 5.59. The first-order chi connectivity index (χ1) is 8.09. The summed E-state index contributed by atoms with van der Waals surface area (Å²) in [5, 5.41) is 0. The van der Waals surface area contributed by atoms with E-state index >= 15 is 0 Å². The summed E-state index contributed by atoms with van der Waals surface area (Å²) in [5.74, 6) is 0.867. The van der Waals surface area contributed by atoms with E-state index in [0.29, 0.717) is 25.4 Å². The van der Waals surface area contributed by atoms with Crippen LogP contribution in [0.1, 0.15) is 5.56 Å². The lowest BCUT2D eigenvalue weighted by molar-refractivity contribution is 0.357. The van der Waals surface area contributed by atoms with Crippen molar-refractivity contribution in [2.24, 2.45) is 0 Å². The van der Waals surface area contributed by atoms with Crippen molar-refractivity contribution in [2.45, 2.75) is 6.42 Å². The monoisotopic (exact) mass is 254 g/mol. The van der Waals surface area contributed by atoms with Gasteiger partial charge in [0.25, 0.3) is 0 Å². The molecule has 6 heteroatoms. The number of ether oxygens (including phenoxy) is 1. The molecule has 0 aliphatic carbocycles. The molecule has 92 valence electrons. The Bertz CT molecular complexity index is 552. The minimum Gasteiger partial charge on any atom is -0.493 e. The molecule has 2 heterocycles. The van der Waals surface area contributed by atoms with Gasteiger partial charge in [-0.05, 0) is 23.8 Å². The van der Waals surface area contributed by atoms with E-state index in [1.165, 1.54) is 8.61 Å². The molecule has 5 nitrogen and oxygen atoms in total. The molecule has 3 rings (SSSR count). The summed E-state index contributed by atoms with van der Waals surface area (Å²) in [6.45, 7) is 1.93. The van der Waals surface area contributed by atoms with Gasteiger partial charge in [0.15, 0.2) is 0 Å². The third-order valence-corrected chi connectivity index (χ3v) is 5.04. The minimum atomic E-state index is -3.31. The molecule has 0 radical (unpaired) electrons. The largest absolute Gasteiger partial charge is 0.493 e. The average Bonchev–Trinajstić information content (AvgIpc) is 3.07. The Balaban J connectivity index is 1.94. The van der Waals surface area contributed by atoms with E-state index in [1.807, 2.05) is 12.1 Å². The van der Waals surface area contributed by atoms with E-state index in [4.69, 9.17) is 4.74 Å². The molecule has 1 fully saturated rings. The number of hydrogen-bond donors (Lipinski definition) is 0. The van der Waals surface area contributed by atoms with Gasteiger partial charge < -0.3 is 4.74 Å². The van der Waals surface area contributed by atoms with Crippen LogP contribution in [0, 0.1) is 0 Å². The lowest BCUT2D eigenvalue weighted by atomic mass is 10.1. The van der Waals surface area contributed by atoms with Gasteiger partial charge in [-0.25, -0.2) is 0 Å². The van der Waals surface area contributed by atoms with E-state index in [9.17, 15) is 8.42 Å². The zero-order valence-corrected chi connectivity index (χ0v) is 10.4. The standard InChI is InChI=1S/C11H14N2O3S/c1-12(17(14,15)13-5-6-13)10-2-3-11-9(8-10)4-7-16-11/h2-3,8H,4-7H2,1H3. The van der Waals surface area contributed by atoms with E-state index in [0.717, 1.165) is 17.7 Å². The molecule has 1 saturated heterocycles. The third kappa shape index (κ3) is 1.77. The summed E-state index contributed by atoms with van der Waals surface area (Å²) in [4.78, 5) is 0. The normalized spacial score (nSPS) is 18.6. The van der Waals surface area contributed by atoms with Gasteiger partial charge >= 0.3 is 10.2 Å². The maximum atomic E-state index is 12.0. The Kier molecular flexibility index (Phi) is 2.31. The summed E-state index contributed by atoms with van der Waals surface area (Å²) in [5.41, 5.74) is 1.77. The minimum absolute atomic E-state index is 0.626. The van der Waals surface area contributed by atoms with Gasteiger partial charge in [-0.3, -0.25) is 4.31 Å². The lowest BCUT2D eigenvalue weighted by Gasteiger charge is -2.20. The number of rotatable bonds is 3. The molecule has 1 aromatic carbocycles. The molecule has 0 aromatic heterocycles. The molecule has 0 unspecified atom stereocenters. The van der Waals surface area contributed by atoms with Crippen LogP contribution in [0.4, 0.5) is 5.69 Å². The smallest absolute Gasteiger partial charge is 0.303 e. The van der Waals surface area contributed by atoms with Crippen molar-refractivity contribution in [2.75, 3.05) is 31.0 Å². The van der Waals surface area contributed by atoms with Crippen LogP contribution in [0.5, 0.6) is 5.75 Å². The van der Waals surface area contributed by atoms with Crippen LogP contribution in [0.25, 0.3) is 0 Å². The molecule has 0 saturated carbocycles. The van der Waals surface area contributed by atoms with E-state index in [1.54, 1.807) is 13.1 Å². The molecule has 2 aliphatic rings. The topological polar surface area (TPSA) is 49.6 Å². The van der Waals surface area contributed by atoms with Gasteiger partial charge in [-0.1, -0.05) is 0 Å². The van der Waals surface area contributed by atoms with Crippen LogP contribution in [-0.2, 0) is 16.6 Å². The van der Waals surface area contributed by atoms with Gasteiger partial charge in [0, 0.05) is 26.6 Å². The van der Waals surface area contributed by atoms with Crippen molar-refractivity contribution in [1.82, 2.24) is 4.31 Å². The summed E-state index contributed by atoms with van der Waals surface area (Å²) < 4.78 is 32.2. The highest BCUT2D eigenvalue weighted by Gasteiger charge is 2.35. The predicted molar refractivity (Wildman–Crippen MR) is 64.5 cm³/mol. The molecule has 17 heavy (non-hydrogen) atoms. The summed E-state index contributed by atoms with van der Waals surface area (Å²) in [6, 6.07) is 5.51. The van der Waals surface area contributed by atoms with Crippen LogP contribution >= 0.6 is 0 Å². The van der Waals surface area contributed by atoms with Crippen LogP contribution in [0.2, 0.25) is 0 Å². The second-order valence-corrected chi connectivity index (χ2v) is 6.22. The van der Waals surface area contributed by atoms with Gasteiger partial charge in [-0.15, -0.1) is 0 Å². The van der Waals surface area contributed by atoms with Crippen molar-refractivity contribution in [3.05, 3.63) is 23.8 Å². The number of benzene rings is 1. The second kappa shape index (κ2) is 3.61. The first kappa shape index (κ1) is 10.9. The van der Waals surface area contributed by atoms with Gasteiger partial charge in [0.2, 0.25) is 0 Å². The summed E-state index contributed by atoms with van der Waals surface area (Å²) >= 11 is 0. The molecular weight excluding hydrogens is 240 g/mol. The fraction of sp³-hybridized carbons (Fsp3) is 0.455. The third-order valence-electron chi connectivity index (χ3n) is 3.12. The number of nitrogens with zero attached hydrogens (tertiary/aromatic N) is 2. The highest BCUT2D eigenvalue weighted by Crippen LogP contribution is 2.31. The van der Waals surface area contributed by atoms with Crippen molar-refractivity contribution in [1.29, 1.82) is 0 Å². The molecule has 0 bridgehead atoms. The van der Waals surface area contributed by atoms with Crippen LogP contribution in [0.3, 0.4) is 0 Å². The maximum Gasteiger partial charge on any atom is 0.303 e. The molecular formula is C11H14N2O3S. The number of hydrogen-bond acceptors (Lipinski definition) is 3. The molecule has 0 amide bonds.